The largest absolute Gasteiger partial charge is 0.344 e. The molecule has 0 spiro atoms. The van der Waals surface area contributed by atoms with Crippen molar-refractivity contribution in [2.45, 2.75) is 26.2 Å². The second-order valence-electron chi connectivity index (χ2n) is 3.31. The van der Waals surface area contributed by atoms with Gasteiger partial charge >= 0.3 is 5.97 Å². The van der Waals surface area contributed by atoms with Gasteiger partial charge in [-0.15, -0.1) is 5.06 Å². The molecule has 0 aliphatic carbocycles. The summed E-state index contributed by atoms with van der Waals surface area (Å²) in [6.07, 6.45) is 2.27. The van der Waals surface area contributed by atoms with Gasteiger partial charge in [0.1, 0.15) is 0 Å². The van der Waals surface area contributed by atoms with E-state index in [2.05, 4.69) is 10.2 Å². The van der Waals surface area contributed by atoms with Crippen LogP contribution in [0.5, 0.6) is 0 Å². The molecule has 0 aromatic carbocycles. The standard InChI is InChI=1S/C9H18N2O3/c1-2-3-4-9(12)13-14-11-7-5-10-6-8-11/h10H,2-8H2,1H3. The van der Waals surface area contributed by atoms with E-state index in [0.717, 1.165) is 39.0 Å². The molecule has 0 bridgehead atoms. The Bertz CT molecular complexity index is 169. The Morgan fingerprint density at radius 1 is 1.43 bits per heavy atom. The molecule has 1 N–H and O–H groups in total. The summed E-state index contributed by atoms with van der Waals surface area (Å²) < 4.78 is 0. The fourth-order valence-electron chi connectivity index (χ4n) is 1.18. The smallest absolute Gasteiger partial charge is 0.314 e. The van der Waals surface area contributed by atoms with E-state index in [4.69, 9.17) is 4.99 Å². The predicted octanol–water partition coefficient (Wildman–Crippen LogP) is 0.472. The lowest BCUT2D eigenvalue weighted by Gasteiger charge is -2.23. The van der Waals surface area contributed by atoms with Crippen molar-refractivity contribution in [1.82, 2.24) is 10.4 Å². The van der Waals surface area contributed by atoms with Gasteiger partial charge in [-0.2, -0.15) is 0 Å². The predicted molar refractivity (Wildman–Crippen MR) is 51.1 cm³/mol. The summed E-state index contributed by atoms with van der Waals surface area (Å²) in [6.45, 7) is 5.27. The van der Waals surface area contributed by atoms with Crippen LogP contribution in [0.15, 0.2) is 0 Å². The van der Waals surface area contributed by atoms with Crippen LogP contribution in [-0.2, 0) is 14.7 Å². The number of hydrogen-bond donors (Lipinski definition) is 1. The highest BCUT2D eigenvalue weighted by atomic mass is 17.3. The lowest BCUT2D eigenvalue weighted by Crippen LogP contribution is -2.43. The minimum Gasteiger partial charge on any atom is -0.314 e. The topological polar surface area (TPSA) is 50.8 Å². The Labute approximate surface area is 84.2 Å². The van der Waals surface area contributed by atoms with Gasteiger partial charge in [-0.05, 0) is 6.42 Å². The monoisotopic (exact) mass is 202 g/mol. The number of carbonyl (C=O) groups excluding carboxylic acids is 1. The highest BCUT2D eigenvalue weighted by molar-refractivity contribution is 5.68. The van der Waals surface area contributed by atoms with Gasteiger partial charge in [-0.3, -0.25) is 4.89 Å². The van der Waals surface area contributed by atoms with Gasteiger partial charge in [0, 0.05) is 32.6 Å². The number of hydroxylamine groups is 2. The van der Waals surface area contributed by atoms with E-state index >= 15 is 0 Å². The third-order valence-corrected chi connectivity index (χ3v) is 2.05. The number of rotatable bonds is 5. The van der Waals surface area contributed by atoms with E-state index in [0.29, 0.717) is 6.42 Å². The normalized spacial score (nSPS) is 18.1. The second kappa shape index (κ2) is 6.75. The van der Waals surface area contributed by atoms with Crippen molar-refractivity contribution in [1.29, 1.82) is 0 Å². The maximum absolute atomic E-state index is 11.1. The molecular weight excluding hydrogens is 184 g/mol. The summed E-state index contributed by atoms with van der Waals surface area (Å²) in [4.78, 5) is 20.6. The third-order valence-electron chi connectivity index (χ3n) is 2.05. The minimum absolute atomic E-state index is 0.287. The molecule has 1 aliphatic rings. The molecule has 0 radical (unpaired) electrons. The SMILES string of the molecule is CCCCC(=O)OON1CCNCC1. The van der Waals surface area contributed by atoms with Crippen molar-refractivity contribution < 1.29 is 14.7 Å². The van der Waals surface area contributed by atoms with Crippen molar-refractivity contribution in [3.63, 3.8) is 0 Å². The van der Waals surface area contributed by atoms with E-state index < -0.39 is 0 Å². The molecule has 0 aromatic heterocycles. The van der Waals surface area contributed by atoms with Crippen molar-refractivity contribution in [2.75, 3.05) is 26.2 Å². The lowest BCUT2D eigenvalue weighted by molar-refractivity contribution is -0.399. The summed E-state index contributed by atoms with van der Waals surface area (Å²) in [5.41, 5.74) is 0. The molecule has 0 amide bonds. The number of carbonyl (C=O) groups is 1. The molecule has 1 saturated heterocycles. The molecular formula is C9H18N2O3. The summed E-state index contributed by atoms with van der Waals surface area (Å²) in [5, 5.41) is 4.83. The first kappa shape index (κ1) is 11.4. The Balaban J connectivity index is 2.03. The number of unbranched alkanes of at least 4 members (excludes halogenated alkanes) is 1. The van der Waals surface area contributed by atoms with Crippen molar-refractivity contribution in [2.24, 2.45) is 0 Å². The highest BCUT2D eigenvalue weighted by Crippen LogP contribution is 1.99. The van der Waals surface area contributed by atoms with Crippen LogP contribution in [0.4, 0.5) is 0 Å². The first-order valence-electron chi connectivity index (χ1n) is 5.16. The Morgan fingerprint density at radius 2 is 2.14 bits per heavy atom. The van der Waals surface area contributed by atoms with E-state index in [1.165, 1.54) is 0 Å². The van der Waals surface area contributed by atoms with Crippen molar-refractivity contribution in [3.8, 4) is 0 Å². The van der Waals surface area contributed by atoms with Gasteiger partial charge in [-0.25, -0.2) is 4.79 Å². The van der Waals surface area contributed by atoms with Crippen LogP contribution in [-0.4, -0.2) is 37.2 Å². The molecule has 5 nitrogen and oxygen atoms in total. The lowest BCUT2D eigenvalue weighted by atomic mass is 10.3. The fourth-order valence-corrected chi connectivity index (χ4v) is 1.18. The summed E-state index contributed by atoms with van der Waals surface area (Å²) in [7, 11) is 0. The molecule has 82 valence electrons. The van der Waals surface area contributed by atoms with Gasteiger partial charge < -0.3 is 5.32 Å². The molecule has 0 unspecified atom stereocenters. The van der Waals surface area contributed by atoms with Gasteiger partial charge in [0.2, 0.25) is 0 Å². The van der Waals surface area contributed by atoms with E-state index in [9.17, 15) is 4.79 Å². The first-order chi connectivity index (χ1) is 6.83. The highest BCUT2D eigenvalue weighted by Gasteiger charge is 2.12. The number of nitrogens with one attached hydrogen (secondary N) is 1. The van der Waals surface area contributed by atoms with Crippen LogP contribution in [0.25, 0.3) is 0 Å². The van der Waals surface area contributed by atoms with E-state index in [1.54, 1.807) is 5.06 Å². The first-order valence-corrected chi connectivity index (χ1v) is 5.16. The zero-order valence-electron chi connectivity index (χ0n) is 8.62. The molecule has 14 heavy (non-hydrogen) atoms. The third kappa shape index (κ3) is 4.55. The van der Waals surface area contributed by atoms with Gasteiger partial charge in [0.25, 0.3) is 0 Å². The maximum Gasteiger partial charge on any atom is 0.344 e. The second-order valence-corrected chi connectivity index (χ2v) is 3.31. The van der Waals surface area contributed by atoms with Crippen LogP contribution in [0.3, 0.4) is 0 Å². The maximum atomic E-state index is 11.1. The molecule has 1 heterocycles. The average molecular weight is 202 g/mol. The Hall–Kier alpha value is -0.650. The molecule has 0 atom stereocenters. The molecule has 1 fully saturated rings. The Morgan fingerprint density at radius 3 is 2.79 bits per heavy atom. The molecule has 0 saturated carbocycles. The molecule has 0 aromatic rings. The minimum atomic E-state index is -0.287. The van der Waals surface area contributed by atoms with Gasteiger partial charge in [-0.1, -0.05) is 18.3 Å². The van der Waals surface area contributed by atoms with Crippen LogP contribution in [0, 0.1) is 0 Å². The van der Waals surface area contributed by atoms with E-state index in [-0.39, 0.29) is 5.97 Å². The quantitative estimate of drug-likeness (QED) is 0.519. The summed E-state index contributed by atoms with van der Waals surface area (Å²) in [6, 6.07) is 0. The van der Waals surface area contributed by atoms with E-state index in [1.807, 2.05) is 6.92 Å². The van der Waals surface area contributed by atoms with Crippen LogP contribution >= 0.6 is 0 Å². The van der Waals surface area contributed by atoms with Crippen molar-refractivity contribution >= 4 is 5.97 Å². The molecule has 1 rings (SSSR count). The number of hydrogen-bond acceptors (Lipinski definition) is 5. The van der Waals surface area contributed by atoms with Crippen LogP contribution in [0.1, 0.15) is 26.2 Å². The Kier molecular flexibility index (Phi) is 5.51. The van der Waals surface area contributed by atoms with Crippen LogP contribution < -0.4 is 5.32 Å². The number of piperazine rings is 1. The van der Waals surface area contributed by atoms with Gasteiger partial charge in [0.15, 0.2) is 0 Å². The summed E-state index contributed by atoms with van der Waals surface area (Å²) >= 11 is 0. The zero-order valence-corrected chi connectivity index (χ0v) is 8.62. The van der Waals surface area contributed by atoms with Gasteiger partial charge in [0.05, 0.1) is 0 Å². The summed E-state index contributed by atoms with van der Waals surface area (Å²) in [5.74, 6) is -0.287. The van der Waals surface area contributed by atoms with Crippen molar-refractivity contribution in [3.05, 3.63) is 0 Å². The average Bonchev–Trinajstić information content (AvgIpc) is 2.25. The molecule has 5 heteroatoms. The number of nitrogens with zero attached hydrogens (tertiary/aromatic N) is 1. The zero-order chi connectivity index (χ0) is 10.2. The molecule has 1 aliphatic heterocycles. The van der Waals surface area contributed by atoms with Crippen LogP contribution in [0.2, 0.25) is 0 Å². The fraction of sp³-hybridized carbons (Fsp3) is 0.889.